The monoisotopic (exact) mass is 312 g/mol. The molecule has 0 unspecified atom stereocenters. The molecule has 0 radical (unpaired) electrons. The van der Waals surface area contributed by atoms with Gasteiger partial charge in [-0.05, 0) is 25.5 Å². The number of alkyl halides is 2. The molecule has 1 aliphatic rings. The summed E-state index contributed by atoms with van der Waals surface area (Å²) >= 11 is 12.0. The fourth-order valence-corrected chi connectivity index (χ4v) is 2.90. The Morgan fingerprint density at radius 2 is 2.20 bits per heavy atom. The Hall–Kier alpha value is -1.33. The van der Waals surface area contributed by atoms with E-state index in [-0.39, 0.29) is 5.91 Å². The highest BCUT2D eigenvalue weighted by Gasteiger charge is 2.67. The summed E-state index contributed by atoms with van der Waals surface area (Å²) in [5, 5.41) is 11.0. The minimum absolute atomic E-state index is 0.115. The van der Waals surface area contributed by atoms with E-state index in [0.717, 1.165) is 11.5 Å². The lowest BCUT2D eigenvalue weighted by Crippen LogP contribution is -2.34. The van der Waals surface area contributed by atoms with Crippen molar-refractivity contribution < 1.29 is 4.79 Å². The molecule has 2 aromatic heterocycles. The van der Waals surface area contributed by atoms with E-state index in [0.29, 0.717) is 19.4 Å². The average Bonchev–Trinajstić information content (AvgIpc) is 2.77. The van der Waals surface area contributed by atoms with E-state index >= 15 is 0 Å². The Morgan fingerprint density at radius 3 is 2.90 bits per heavy atom. The lowest BCUT2D eigenvalue weighted by Gasteiger charge is -2.12. The number of fused-ring (bicyclic) bond motifs is 1. The van der Waals surface area contributed by atoms with Crippen LogP contribution in [0.25, 0.3) is 5.65 Å². The molecule has 0 spiro atoms. The molecule has 5 nitrogen and oxygen atoms in total. The number of pyridine rings is 1. The van der Waals surface area contributed by atoms with Gasteiger partial charge in [-0.25, -0.2) is 0 Å². The third-order valence-corrected chi connectivity index (χ3v) is 4.88. The first kappa shape index (κ1) is 13.6. The second kappa shape index (κ2) is 4.60. The highest BCUT2D eigenvalue weighted by Crippen LogP contribution is 2.63. The standard InChI is InChI=1S/C13H14Cl2N4O/c1-12(8-13(12,14)15)11(20)16-6-5-10-18-17-9-4-2-3-7-19(9)10/h2-4,7H,5-6,8H2,1H3,(H,16,20)/t12-/m0/s1. The van der Waals surface area contributed by atoms with Gasteiger partial charge in [0.1, 0.15) is 10.2 Å². The van der Waals surface area contributed by atoms with Gasteiger partial charge in [0, 0.05) is 19.2 Å². The minimum Gasteiger partial charge on any atom is -0.355 e. The lowest BCUT2D eigenvalue weighted by atomic mass is 10.1. The van der Waals surface area contributed by atoms with Gasteiger partial charge in [-0.3, -0.25) is 9.20 Å². The summed E-state index contributed by atoms with van der Waals surface area (Å²) < 4.78 is 0.969. The number of hydrogen-bond donors (Lipinski definition) is 1. The zero-order valence-corrected chi connectivity index (χ0v) is 12.4. The topological polar surface area (TPSA) is 59.3 Å². The Bertz CT molecular complexity index is 669. The molecule has 0 aromatic carbocycles. The zero-order valence-electron chi connectivity index (χ0n) is 10.9. The fourth-order valence-electron chi connectivity index (χ4n) is 2.19. The zero-order chi connectivity index (χ0) is 14.4. The third-order valence-electron chi connectivity index (χ3n) is 3.78. The minimum atomic E-state index is -0.932. The van der Waals surface area contributed by atoms with Crippen LogP contribution in [0.4, 0.5) is 0 Å². The predicted molar refractivity (Wildman–Crippen MR) is 76.9 cm³/mol. The van der Waals surface area contributed by atoms with Gasteiger partial charge in [0.2, 0.25) is 5.91 Å². The molecule has 1 N–H and O–H groups in total. The summed E-state index contributed by atoms with van der Waals surface area (Å²) in [6.07, 6.45) is 2.99. The van der Waals surface area contributed by atoms with Crippen LogP contribution < -0.4 is 5.32 Å². The van der Waals surface area contributed by atoms with E-state index in [4.69, 9.17) is 23.2 Å². The highest BCUT2D eigenvalue weighted by molar-refractivity contribution is 6.53. The van der Waals surface area contributed by atoms with Gasteiger partial charge in [-0.2, -0.15) is 0 Å². The van der Waals surface area contributed by atoms with Crippen molar-refractivity contribution in [2.75, 3.05) is 6.54 Å². The summed E-state index contributed by atoms with van der Waals surface area (Å²) in [7, 11) is 0. The van der Waals surface area contributed by atoms with Crippen molar-refractivity contribution in [3.8, 4) is 0 Å². The molecule has 3 rings (SSSR count). The number of rotatable bonds is 4. The molecule has 1 amide bonds. The molecule has 2 aromatic rings. The van der Waals surface area contributed by atoms with Crippen molar-refractivity contribution in [3.63, 3.8) is 0 Å². The van der Waals surface area contributed by atoms with E-state index in [2.05, 4.69) is 15.5 Å². The molecule has 1 atom stereocenters. The quantitative estimate of drug-likeness (QED) is 0.878. The highest BCUT2D eigenvalue weighted by atomic mass is 35.5. The van der Waals surface area contributed by atoms with Crippen molar-refractivity contribution in [3.05, 3.63) is 30.2 Å². The Labute approximate surface area is 126 Å². The molecule has 1 saturated carbocycles. The molecule has 7 heteroatoms. The van der Waals surface area contributed by atoms with Crippen LogP contribution in [0.15, 0.2) is 24.4 Å². The first-order valence-electron chi connectivity index (χ1n) is 6.39. The summed E-state index contributed by atoms with van der Waals surface area (Å²) in [6.45, 7) is 2.25. The van der Waals surface area contributed by atoms with Crippen LogP contribution in [0.2, 0.25) is 0 Å². The second-order valence-electron chi connectivity index (χ2n) is 5.26. The van der Waals surface area contributed by atoms with Crippen molar-refractivity contribution in [1.82, 2.24) is 19.9 Å². The van der Waals surface area contributed by atoms with Gasteiger partial charge in [-0.15, -0.1) is 33.4 Å². The summed E-state index contributed by atoms with van der Waals surface area (Å²) in [5.74, 6) is 0.696. The first-order valence-corrected chi connectivity index (χ1v) is 7.14. The summed E-state index contributed by atoms with van der Waals surface area (Å²) in [5.41, 5.74) is 0.117. The molecular formula is C13H14Cl2N4O. The third kappa shape index (κ3) is 2.15. The van der Waals surface area contributed by atoms with Crippen LogP contribution in [-0.4, -0.2) is 31.4 Å². The van der Waals surface area contributed by atoms with Crippen LogP contribution in [0, 0.1) is 5.41 Å². The van der Waals surface area contributed by atoms with Crippen molar-refractivity contribution in [1.29, 1.82) is 0 Å². The van der Waals surface area contributed by atoms with Gasteiger partial charge in [0.15, 0.2) is 5.65 Å². The predicted octanol–water partition coefficient (Wildman–Crippen LogP) is 1.97. The van der Waals surface area contributed by atoms with Gasteiger partial charge < -0.3 is 5.32 Å². The van der Waals surface area contributed by atoms with Gasteiger partial charge in [0.25, 0.3) is 0 Å². The number of hydrogen-bond acceptors (Lipinski definition) is 3. The molecule has 106 valence electrons. The first-order chi connectivity index (χ1) is 9.44. The molecule has 20 heavy (non-hydrogen) atoms. The number of aromatic nitrogens is 3. The number of amides is 1. The van der Waals surface area contributed by atoms with Crippen molar-refractivity contribution in [2.45, 2.75) is 24.1 Å². The van der Waals surface area contributed by atoms with Crippen LogP contribution in [-0.2, 0) is 11.2 Å². The van der Waals surface area contributed by atoms with Gasteiger partial charge in [0.05, 0.1) is 5.41 Å². The average molecular weight is 313 g/mol. The number of halogens is 2. The molecule has 1 fully saturated rings. The van der Waals surface area contributed by atoms with Gasteiger partial charge in [-0.1, -0.05) is 6.07 Å². The Balaban J connectivity index is 1.60. The maximum Gasteiger partial charge on any atom is 0.229 e. The molecule has 2 heterocycles. The maximum absolute atomic E-state index is 12.0. The molecule has 0 bridgehead atoms. The van der Waals surface area contributed by atoms with Crippen LogP contribution in [0.3, 0.4) is 0 Å². The lowest BCUT2D eigenvalue weighted by molar-refractivity contribution is -0.125. The molecule has 0 saturated heterocycles. The van der Waals surface area contributed by atoms with Gasteiger partial charge >= 0.3 is 0 Å². The van der Waals surface area contributed by atoms with E-state index in [1.165, 1.54) is 0 Å². The SMILES string of the molecule is C[C@@]1(C(=O)NCCc2nnc3ccccn23)CC1(Cl)Cl. The Morgan fingerprint density at radius 1 is 1.45 bits per heavy atom. The van der Waals surface area contributed by atoms with Crippen LogP contribution in [0.5, 0.6) is 0 Å². The van der Waals surface area contributed by atoms with Crippen LogP contribution >= 0.6 is 23.2 Å². The second-order valence-corrected chi connectivity index (χ2v) is 6.75. The molecule has 0 aliphatic heterocycles. The largest absolute Gasteiger partial charge is 0.355 e. The number of nitrogens with zero attached hydrogens (tertiary/aromatic N) is 3. The van der Waals surface area contributed by atoms with E-state index in [9.17, 15) is 4.79 Å². The summed E-state index contributed by atoms with van der Waals surface area (Å²) in [6, 6.07) is 5.71. The maximum atomic E-state index is 12.0. The van der Waals surface area contributed by atoms with E-state index in [1.807, 2.05) is 28.8 Å². The normalized spacial score (nSPS) is 23.8. The number of nitrogens with one attached hydrogen (secondary N) is 1. The van der Waals surface area contributed by atoms with Crippen molar-refractivity contribution in [2.24, 2.45) is 5.41 Å². The molecule has 1 aliphatic carbocycles. The van der Waals surface area contributed by atoms with Crippen LogP contribution in [0.1, 0.15) is 19.2 Å². The smallest absolute Gasteiger partial charge is 0.229 e. The fraction of sp³-hybridized carbons (Fsp3) is 0.462. The summed E-state index contributed by atoms with van der Waals surface area (Å²) in [4.78, 5) is 12.0. The Kier molecular flexibility index (Phi) is 3.14. The molecular weight excluding hydrogens is 299 g/mol. The van der Waals surface area contributed by atoms with E-state index in [1.54, 1.807) is 6.92 Å². The van der Waals surface area contributed by atoms with E-state index < -0.39 is 9.75 Å². The van der Waals surface area contributed by atoms with Crippen molar-refractivity contribution >= 4 is 34.8 Å². The number of carbonyl (C=O) groups is 1. The number of carbonyl (C=O) groups excluding carboxylic acids is 1.